The molecule has 0 aliphatic heterocycles. The number of aryl methyl sites for hydroxylation is 1. The molecule has 0 atom stereocenters. The number of hydrogen-bond donors (Lipinski definition) is 3. The molecule has 40 heavy (non-hydrogen) atoms. The van der Waals surface area contributed by atoms with Crippen molar-refractivity contribution < 1.29 is 23.8 Å². The molecule has 4 aromatic carbocycles. The lowest BCUT2D eigenvalue weighted by Gasteiger charge is -2.23. The number of carbonyl (C=O) groups is 2. The summed E-state index contributed by atoms with van der Waals surface area (Å²) in [6.45, 7) is 1.83. The predicted octanol–water partition coefficient (Wildman–Crippen LogP) is 5.48. The molecule has 0 fully saturated rings. The van der Waals surface area contributed by atoms with Gasteiger partial charge in [-0.2, -0.15) is 0 Å². The van der Waals surface area contributed by atoms with Gasteiger partial charge in [0.05, 0.1) is 27.0 Å². The molecule has 0 aliphatic rings. The quantitative estimate of drug-likeness (QED) is 0.201. The Kier molecular flexibility index (Phi) is 8.34. The van der Waals surface area contributed by atoms with Crippen LogP contribution in [0.1, 0.15) is 26.3 Å². The summed E-state index contributed by atoms with van der Waals surface area (Å²) in [5.74, 6) is -0.522. The first-order chi connectivity index (χ1) is 19.3. The highest BCUT2D eigenvalue weighted by Gasteiger charge is 2.25. The van der Waals surface area contributed by atoms with Crippen LogP contribution in [0.4, 0.5) is 11.4 Å². The summed E-state index contributed by atoms with van der Waals surface area (Å²) in [7, 11) is 4.35. The lowest BCUT2D eigenvalue weighted by Crippen LogP contribution is -2.41. The fourth-order valence-electron chi connectivity index (χ4n) is 4.22. The van der Waals surface area contributed by atoms with Crippen LogP contribution in [0.15, 0.2) is 84.9 Å². The number of benzene rings is 4. The minimum absolute atomic E-state index is 0.161. The first-order valence-corrected chi connectivity index (χ1v) is 12.3. The Morgan fingerprint density at radius 1 is 0.775 bits per heavy atom. The summed E-state index contributed by atoms with van der Waals surface area (Å²) in [6.07, 6.45) is 0. The van der Waals surface area contributed by atoms with Crippen molar-refractivity contribution in [1.29, 1.82) is 5.41 Å². The highest BCUT2D eigenvalue weighted by molar-refractivity contribution is 6.21. The van der Waals surface area contributed by atoms with Crippen molar-refractivity contribution in [2.75, 3.05) is 31.5 Å². The van der Waals surface area contributed by atoms with Crippen molar-refractivity contribution in [3.63, 3.8) is 0 Å². The zero-order valence-electron chi connectivity index (χ0n) is 22.6. The summed E-state index contributed by atoms with van der Waals surface area (Å²) in [4.78, 5) is 27.7. The molecule has 2 amide bonds. The van der Waals surface area contributed by atoms with Gasteiger partial charge in [0.2, 0.25) is 5.75 Å². The Labute approximate surface area is 232 Å². The van der Waals surface area contributed by atoms with Crippen LogP contribution in [0.25, 0.3) is 11.1 Å². The summed E-state index contributed by atoms with van der Waals surface area (Å²) in [6, 6.07) is 25.1. The molecule has 0 aliphatic carbocycles. The normalized spacial score (nSPS) is 10.4. The Morgan fingerprint density at radius 2 is 1.38 bits per heavy atom. The third kappa shape index (κ3) is 5.73. The summed E-state index contributed by atoms with van der Waals surface area (Å²) >= 11 is 0. The van der Waals surface area contributed by atoms with Crippen LogP contribution in [-0.4, -0.2) is 39.1 Å². The molecule has 0 spiro atoms. The van der Waals surface area contributed by atoms with E-state index < -0.39 is 11.9 Å². The molecule has 0 unspecified atom stereocenters. The second-order valence-electron chi connectivity index (χ2n) is 8.84. The van der Waals surface area contributed by atoms with Gasteiger partial charge in [-0.15, -0.1) is 0 Å². The molecular weight excluding hydrogens is 508 g/mol. The SMILES string of the molecule is COc1cc(C(=O)N(C(=N)N)c2ccc(C)c(NC(=O)c3ccc(-c4ccccc4)cc3)c2)cc(OC)c1OC. The highest BCUT2D eigenvalue weighted by atomic mass is 16.5. The van der Waals surface area contributed by atoms with Crippen LogP contribution >= 0.6 is 0 Å². The van der Waals surface area contributed by atoms with Crippen LogP contribution in [0.2, 0.25) is 0 Å². The topological polar surface area (TPSA) is 127 Å². The van der Waals surface area contributed by atoms with Gasteiger partial charge < -0.3 is 25.3 Å². The second kappa shape index (κ2) is 12.0. The van der Waals surface area contributed by atoms with E-state index in [0.29, 0.717) is 22.7 Å². The molecule has 0 bridgehead atoms. The zero-order valence-corrected chi connectivity index (χ0v) is 22.6. The number of ether oxygens (including phenoxy) is 3. The van der Waals surface area contributed by atoms with Crippen LogP contribution < -0.4 is 30.2 Å². The minimum atomic E-state index is -0.593. The standard InChI is InChI=1S/C31H30N4O5/c1-19-10-15-24(35(31(32)33)30(37)23-16-26(38-2)28(40-4)27(17-23)39-3)18-25(19)34-29(36)22-13-11-21(12-14-22)20-8-6-5-7-9-20/h5-18H,1-4H3,(H3,32,33)(H,34,36). The molecule has 9 nitrogen and oxygen atoms in total. The van der Waals surface area contributed by atoms with Gasteiger partial charge in [-0.3, -0.25) is 15.0 Å². The molecule has 4 rings (SSSR count). The molecule has 204 valence electrons. The number of rotatable bonds is 8. The molecule has 0 radical (unpaired) electrons. The van der Waals surface area contributed by atoms with Crippen LogP contribution in [0.5, 0.6) is 17.2 Å². The van der Waals surface area contributed by atoms with E-state index in [4.69, 9.17) is 25.4 Å². The minimum Gasteiger partial charge on any atom is -0.493 e. The van der Waals surface area contributed by atoms with E-state index in [1.54, 1.807) is 30.3 Å². The van der Waals surface area contributed by atoms with Crippen LogP contribution in [0, 0.1) is 12.3 Å². The van der Waals surface area contributed by atoms with E-state index >= 15 is 0 Å². The zero-order chi connectivity index (χ0) is 28.8. The number of nitrogens with two attached hydrogens (primary N) is 1. The van der Waals surface area contributed by atoms with Gasteiger partial charge in [-0.1, -0.05) is 48.5 Å². The average Bonchev–Trinajstić information content (AvgIpc) is 2.98. The van der Waals surface area contributed by atoms with Gasteiger partial charge in [-0.25, -0.2) is 4.90 Å². The van der Waals surface area contributed by atoms with Gasteiger partial charge >= 0.3 is 0 Å². The molecule has 9 heteroatoms. The lowest BCUT2D eigenvalue weighted by molar-refractivity contribution is 0.0999. The van der Waals surface area contributed by atoms with Gasteiger partial charge in [0.1, 0.15) is 0 Å². The lowest BCUT2D eigenvalue weighted by atomic mass is 10.0. The number of hydrogen-bond acceptors (Lipinski definition) is 6. The first-order valence-electron chi connectivity index (χ1n) is 12.3. The smallest absolute Gasteiger partial charge is 0.265 e. The Balaban J connectivity index is 1.62. The average molecular weight is 539 g/mol. The molecule has 0 saturated heterocycles. The van der Waals surface area contributed by atoms with Gasteiger partial charge in [0, 0.05) is 16.8 Å². The molecule has 0 aromatic heterocycles. The summed E-state index contributed by atoms with van der Waals surface area (Å²) in [5, 5.41) is 11.0. The number of nitrogens with one attached hydrogen (secondary N) is 2. The van der Waals surface area contributed by atoms with Crippen LogP contribution in [0.3, 0.4) is 0 Å². The van der Waals surface area contributed by atoms with E-state index in [-0.39, 0.29) is 23.0 Å². The first kappa shape index (κ1) is 27.7. The molecule has 0 saturated carbocycles. The van der Waals surface area contributed by atoms with Gasteiger partial charge in [0.15, 0.2) is 17.5 Å². The molecule has 4 aromatic rings. The molecule has 4 N–H and O–H groups in total. The Hall–Kier alpha value is -5.31. The van der Waals surface area contributed by atoms with Crippen LogP contribution in [-0.2, 0) is 0 Å². The van der Waals surface area contributed by atoms with Crippen molar-refractivity contribution in [2.24, 2.45) is 5.73 Å². The Bertz CT molecular complexity index is 1530. The second-order valence-corrected chi connectivity index (χ2v) is 8.84. The monoisotopic (exact) mass is 538 g/mol. The van der Waals surface area contributed by atoms with E-state index in [1.807, 2.05) is 49.4 Å². The predicted molar refractivity (Wildman–Crippen MR) is 156 cm³/mol. The van der Waals surface area contributed by atoms with Crippen molar-refractivity contribution in [3.8, 4) is 28.4 Å². The maximum absolute atomic E-state index is 13.6. The fraction of sp³-hybridized carbons (Fsp3) is 0.129. The van der Waals surface area contributed by atoms with Crippen molar-refractivity contribution in [1.82, 2.24) is 0 Å². The Morgan fingerprint density at radius 3 is 1.93 bits per heavy atom. The van der Waals surface area contributed by atoms with E-state index in [1.165, 1.54) is 33.5 Å². The molecular formula is C31H30N4O5. The van der Waals surface area contributed by atoms with E-state index in [0.717, 1.165) is 21.6 Å². The van der Waals surface area contributed by atoms with Crippen molar-refractivity contribution >= 4 is 29.1 Å². The van der Waals surface area contributed by atoms with Gasteiger partial charge in [0.25, 0.3) is 11.8 Å². The maximum atomic E-state index is 13.6. The summed E-state index contributed by atoms with van der Waals surface area (Å²) in [5.41, 5.74) is 10.1. The number of amides is 2. The molecule has 0 heterocycles. The third-order valence-electron chi connectivity index (χ3n) is 6.34. The van der Waals surface area contributed by atoms with E-state index in [9.17, 15) is 9.59 Å². The largest absolute Gasteiger partial charge is 0.493 e. The third-order valence-corrected chi connectivity index (χ3v) is 6.34. The van der Waals surface area contributed by atoms with Gasteiger partial charge in [-0.05, 0) is 60.0 Å². The number of carbonyl (C=O) groups excluding carboxylic acids is 2. The van der Waals surface area contributed by atoms with Crippen molar-refractivity contribution in [3.05, 3.63) is 102 Å². The number of anilines is 2. The maximum Gasteiger partial charge on any atom is 0.265 e. The highest BCUT2D eigenvalue weighted by Crippen LogP contribution is 2.39. The number of methoxy groups -OCH3 is 3. The van der Waals surface area contributed by atoms with E-state index in [2.05, 4.69) is 5.32 Å². The number of guanidine groups is 1. The summed E-state index contributed by atoms with van der Waals surface area (Å²) < 4.78 is 16.1. The fourth-order valence-corrected chi connectivity index (χ4v) is 4.22. The number of nitrogens with zero attached hydrogens (tertiary/aromatic N) is 1. The van der Waals surface area contributed by atoms with Crippen molar-refractivity contribution in [2.45, 2.75) is 6.92 Å².